The first-order valence-corrected chi connectivity index (χ1v) is 13.0. The minimum Gasteiger partial charge on any atom is -0.363 e. The van der Waals surface area contributed by atoms with Gasteiger partial charge in [-0.25, -0.2) is 27.7 Å². The number of H-pyrrole nitrogens is 1. The molecule has 0 bridgehead atoms. The molecule has 0 radical (unpaired) electrons. The van der Waals surface area contributed by atoms with E-state index >= 15 is 0 Å². The number of anilines is 1. The van der Waals surface area contributed by atoms with Crippen LogP contribution in [0.5, 0.6) is 0 Å². The Bertz CT molecular complexity index is 1260. The van der Waals surface area contributed by atoms with Gasteiger partial charge in [-0.3, -0.25) is 0 Å². The van der Waals surface area contributed by atoms with Crippen LogP contribution < -0.4 is 4.90 Å². The van der Waals surface area contributed by atoms with Crippen LogP contribution in [-0.4, -0.2) is 57.0 Å². The maximum atomic E-state index is 12.6. The van der Waals surface area contributed by atoms with Gasteiger partial charge in [-0.2, -0.15) is 0 Å². The Hall–Kier alpha value is -2.52. The summed E-state index contributed by atoms with van der Waals surface area (Å²) >= 11 is 0. The number of sulfonamides is 1. The van der Waals surface area contributed by atoms with Gasteiger partial charge >= 0.3 is 0 Å². The Balaban J connectivity index is 1.28. The van der Waals surface area contributed by atoms with Crippen molar-refractivity contribution < 1.29 is 8.42 Å². The largest absolute Gasteiger partial charge is 0.363 e. The van der Waals surface area contributed by atoms with Gasteiger partial charge in [0.2, 0.25) is 10.0 Å². The van der Waals surface area contributed by atoms with Crippen LogP contribution in [0.1, 0.15) is 55.5 Å². The molecule has 0 unspecified atom stereocenters. The highest BCUT2D eigenvalue weighted by Crippen LogP contribution is 2.38. The fourth-order valence-corrected chi connectivity index (χ4v) is 7.23. The standard InChI is InChI=1S/C23H28N6O2S/c1-15-12-20-19(13-29(15)21-5-9-25-23-18(21)4-8-24-23)22(27-14-26-20)16-6-10-28(11-7-16)32(30,31)17-2-3-17/h4-5,8-9,14-17H,2-3,6-7,10-13H2,1H3,(H,24,25)/t15-/m1/s1. The molecule has 5 heterocycles. The van der Waals surface area contributed by atoms with Gasteiger partial charge < -0.3 is 9.88 Å². The fourth-order valence-electron chi connectivity index (χ4n) is 5.36. The van der Waals surface area contributed by atoms with Crippen molar-refractivity contribution in [3.8, 4) is 0 Å². The molecule has 6 rings (SSSR count). The molecule has 0 amide bonds. The number of nitrogens with one attached hydrogen (secondary N) is 1. The number of aromatic amines is 1. The molecule has 1 saturated heterocycles. The zero-order chi connectivity index (χ0) is 21.9. The van der Waals surface area contributed by atoms with Crippen LogP contribution in [-0.2, 0) is 23.0 Å². The van der Waals surface area contributed by atoms with E-state index in [0.717, 1.165) is 61.1 Å². The second kappa shape index (κ2) is 7.52. The Morgan fingerprint density at radius 2 is 1.88 bits per heavy atom. The van der Waals surface area contributed by atoms with Crippen molar-refractivity contribution in [3.63, 3.8) is 0 Å². The summed E-state index contributed by atoms with van der Waals surface area (Å²) in [5, 5.41) is 0.992. The van der Waals surface area contributed by atoms with Gasteiger partial charge in [-0.15, -0.1) is 0 Å². The minimum atomic E-state index is -3.10. The number of fused-ring (bicyclic) bond motifs is 2. The third kappa shape index (κ3) is 3.29. The summed E-state index contributed by atoms with van der Waals surface area (Å²) in [6, 6.07) is 4.48. The zero-order valence-corrected chi connectivity index (χ0v) is 19.1. The van der Waals surface area contributed by atoms with Crippen molar-refractivity contribution in [2.45, 2.75) is 62.8 Å². The molecule has 1 N–H and O–H groups in total. The molecule has 8 nitrogen and oxygen atoms in total. The van der Waals surface area contributed by atoms with Gasteiger partial charge in [0.05, 0.1) is 16.6 Å². The smallest absolute Gasteiger partial charge is 0.216 e. The van der Waals surface area contributed by atoms with Crippen LogP contribution in [0, 0.1) is 0 Å². The summed E-state index contributed by atoms with van der Waals surface area (Å²) in [7, 11) is -3.10. The topological polar surface area (TPSA) is 95.1 Å². The molecule has 2 aliphatic heterocycles. The van der Waals surface area contributed by atoms with Crippen molar-refractivity contribution in [3.05, 3.63) is 47.8 Å². The van der Waals surface area contributed by atoms with E-state index in [4.69, 9.17) is 4.98 Å². The lowest BCUT2D eigenvalue weighted by Gasteiger charge is -2.38. The monoisotopic (exact) mass is 452 g/mol. The molecule has 168 valence electrons. The minimum absolute atomic E-state index is 0.133. The Morgan fingerprint density at radius 1 is 1.06 bits per heavy atom. The maximum Gasteiger partial charge on any atom is 0.216 e. The summed E-state index contributed by atoms with van der Waals surface area (Å²) in [6.07, 6.45) is 9.63. The van der Waals surface area contributed by atoms with E-state index in [-0.39, 0.29) is 11.2 Å². The van der Waals surface area contributed by atoms with Gasteiger partial charge in [0, 0.05) is 67.0 Å². The summed E-state index contributed by atoms with van der Waals surface area (Å²) in [6.45, 7) is 4.19. The molecular formula is C23H28N6O2S. The van der Waals surface area contributed by atoms with Gasteiger partial charge in [0.25, 0.3) is 0 Å². The summed E-state index contributed by atoms with van der Waals surface area (Å²) in [5.41, 5.74) is 5.53. The van der Waals surface area contributed by atoms with Crippen molar-refractivity contribution >= 4 is 26.7 Å². The lowest BCUT2D eigenvalue weighted by atomic mass is 9.87. The maximum absolute atomic E-state index is 12.6. The summed E-state index contributed by atoms with van der Waals surface area (Å²) < 4.78 is 27.0. The predicted octanol–water partition coefficient (Wildman–Crippen LogP) is 2.98. The van der Waals surface area contributed by atoms with Gasteiger partial charge in [0.1, 0.15) is 12.0 Å². The molecule has 1 aliphatic carbocycles. The van der Waals surface area contributed by atoms with E-state index in [1.54, 1.807) is 10.6 Å². The van der Waals surface area contributed by atoms with E-state index in [2.05, 4.69) is 38.9 Å². The van der Waals surface area contributed by atoms with E-state index in [9.17, 15) is 8.42 Å². The van der Waals surface area contributed by atoms with Crippen molar-refractivity contribution in [1.82, 2.24) is 24.2 Å². The van der Waals surface area contributed by atoms with Crippen molar-refractivity contribution in [2.24, 2.45) is 0 Å². The van der Waals surface area contributed by atoms with Gasteiger partial charge in [0.15, 0.2) is 0 Å². The third-order valence-corrected chi connectivity index (χ3v) is 9.71. The molecule has 2 fully saturated rings. The molecular weight excluding hydrogens is 424 g/mol. The molecule has 9 heteroatoms. The first-order chi connectivity index (χ1) is 15.5. The average Bonchev–Trinajstić information content (AvgIpc) is 3.56. The number of aromatic nitrogens is 4. The van der Waals surface area contributed by atoms with Crippen LogP contribution >= 0.6 is 0 Å². The molecule has 0 aromatic carbocycles. The third-order valence-electron chi connectivity index (χ3n) is 7.31. The van der Waals surface area contributed by atoms with Crippen LogP contribution in [0.3, 0.4) is 0 Å². The second-order valence-corrected chi connectivity index (χ2v) is 11.6. The summed E-state index contributed by atoms with van der Waals surface area (Å²) in [4.78, 5) is 19.4. The quantitative estimate of drug-likeness (QED) is 0.654. The Morgan fingerprint density at radius 3 is 2.66 bits per heavy atom. The highest BCUT2D eigenvalue weighted by Gasteiger charge is 2.42. The molecule has 32 heavy (non-hydrogen) atoms. The number of nitrogens with zero attached hydrogens (tertiary/aromatic N) is 5. The fraction of sp³-hybridized carbons (Fsp3) is 0.522. The van der Waals surface area contributed by atoms with Crippen LogP contribution in [0.2, 0.25) is 0 Å². The van der Waals surface area contributed by atoms with E-state index in [1.165, 1.54) is 11.3 Å². The van der Waals surface area contributed by atoms with E-state index < -0.39 is 10.0 Å². The van der Waals surface area contributed by atoms with Crippen LogP contribution in [0.25, 0.3) is 11.0 Å². The molecule has 3 aromatic heterocycles. The lowest BCUT2D eigenvalue weighted by Crippen LogP contribution is -2.42. The SMILES string of the molecule is C[C@@H]1Cc2ncnc(C3CCN(S(=O)(=O)C4CC4)CC3)c2CN1c1ccnc2[nH]ccc12. The normalized spacial score (nSPS) is 22.9. The van der Waals surface area contributed by atoms with Crippen LogP contribution in [0.15, 0.2) is 30.9 Å². The van der Waals surface area contributed by atoms with Crippen molar-refractivity contribution in [2.75, 3.05) is 18.0 Å². The highest BCUT2D eigenvalue weighted by molar-refractivity contribution is 7.90. The van der Waals surface area contributed by atoms with E-state index in [1.807, 2.05) is 12.4 Å². The van der Waals surface area contributed by atoms with Crippen LogP contribution in [0.4, 0.5) is 5.69 Å². The average molecular weight is 453 g/mol. The molecule has 0 spiro atoms. The van der Waals surface area contributed by atoms with Crippen molar-refractivity contribution in [1.29, 1.82) is 0 Å². The second-order valence-electron chi connectivity index (χ2n) is 9.35. The van der Waals surface area contributed by atoms with Gasteiger partial charge in [-0.05, 0) is 44.7 Å². The van der Waals surface area contributed by atoms with E-state index in [0.29, 0.717) is 19.1 Å². The number of hydrogen-bond acceptors (Lipinski definition) is 6. The van der Waals surface area contributed by atoms with Gasteiger partial charge in [-0.1, -0.05) is 0 Å². The molecule has 1 atom stereocenters. The lowest BCUT2D eigenvalue weighted by molar-refractivity contribution is 0.314. The molecule has 3 aliphatic rings. The number of pyridine rings is 1. The number of hydrogen-bond donors (Lipinski definition) is 1. The first kappa shape index (κ1) is 20.1. The highest BCUT2D eigenvalue weighted by atomic mass is 32.2. The number of piperidine rings is 1. The predicted molar refractivity (Wildman–Crippen MR) is 123 cm³/mol. The Labute approximate surface area is 188 Å². The molecule has 3 aromatic rings. The zero-order valence-electron chi connectivity index (χ0n) is 18.2. The number of rotatable bonds is 4. The summed E-state index contributed by atoms with van der Waals surface area (Å²) in [5.74, 6) is 0.275. The first-order valence-electron chi connectivity index (χ1n) is 11.5. The molecule has 1 saturated carbocycles. The Kier molecular flexibility index (Phi) is 4.73.